The Morgan fingerprint density at radius 1 is 1.09 bits per heavy atom. The molecule has 1 N–H and O–H groups in total. The monoisotopic (exact) mass is 314 g/mol. The molecule has 0 amide bonds. The molecular formula is C19H22O4. The fraction of sp³-hybridized carbons (Fsp3) is 0.368. The van der Waals surface area contributed by atoms with Gasteiger partial charge in [-0.15, -0.1) is 0 Å². The fourth-order valence-electron chi connectivity index (χ4n) is 2.48. The lowest BCUT2D eigenvalue weighted by atomic mass is 9.94. The number of aliphatic carboxylic acids is 1. The zero-order chi connectivity index (χ0) is 17.0. The Morgan fingerprint density at radius 3 is 2.35 bits per heavy atom. The maximum Gasteiger partial charge on any atom is 0.307 e. The molecule has 2 aromatic rings. The Kier molecular flexibility index (Phi) is 5.04. The maximum absolute atomic E-state index is 11.9. The van der Waals surface area contributed by atoms with Crippen LogP contribution < -0.4 is 0 Å². The highest BCUT2D eigenvalue weighted by atomic mass is 16.6. The van der Waals surface area contributed by atoms with E-state index in [2.05, 4.69) is 0 Å². The number of rotatable bonds is 5. The van der Waals surface area contributed by atoms with E-state index in [1.807, 2.05) is 42.5 Å². The summed E-state index contributed by atoms with van der Waals surface area (Å²) in [6, 6.07) is 13.8. The van der Waals surface area contributed by atoms with Crippen LogP contribution in [0.2, 0.25) is 0 Å². The summed E-state index contributed by atoms with van der Waals surface area (Å²) in [5.74, 6) is -2.25. The molecular weight excluding hydrogens is 292 g/mol. The molecule has 0 heterocycles. The van der Waals surface area contributed by atoms with Crippen molar-refractivity contribution >= 4 is 22.7 Å². The van der Waals surface area contributed by atoms with Crippen molar-refractivity contribution in [3.05, 3.63) is 48.0 Å². The van der Waals surface area contributed by atoms with Crippen molar-refractivity contribution in [3.8, 4) is 0 Å². The van der Waals surface area contributed by atoms with Gasteiger partial charge in [-0.3, -0.25) is 9.59 Å². The fourth-order valence-corrected chi connectivity index (χ4v) is 2.48. The molecule has 0 spiro atoms. The largest absolute Gasteiger partial charge is 0.481 e. The first kappa shape index (κ1) is 17.0. The van der Waals surface area contributed by atoms with Gasteiger partial charge in [-0.25, -0.2) is 0 Å². The predicted molar refractivity (Wildman–Crippen MR) is 89.2 cm³/mol. The number of hydrogen-bond acceptors (Lipinski definition) is 3. The van der Waals surface area contributed by atoms with E-state index in [-0.39, 0.29) is 6.42 Å². The molecule has 1 atom stereocenters. The average Bonchev–Trinajstić information content (AvgIpc) is 2.44. The van der Waals surface area contributed by atoms with E-state index in [0.29, 0.717) is 6.42 Å². The number of ether oxygens (including phenoxy) is 1. The molecule has 4 nitrogen and oxygen atoms in total. The second-order valence-corrected chi connectivity index (χ2v) is 6.71. The highest BCUT2D eigenvalue weighted by Gasteiger charge is 2.25. The molecule has 0 fully saturated rings. The van der Waals surface area contributed by atoms with Gasteiger partial charge in [0.15, 0.2) is 0 Å². The molecule has 2 rings (SSSR count). The third kappa shape index (κ3) is 5.09. The molecule has 1 unspecified atom stereocenters. The summed E-state index contributed by atoms with van der Waals surface area (Å²) in [4.78, 5) is 23.4. The van der Waals surface area contributed by atoms with E-state index in [0.717, 1.165) is 16.3 Å². The second-order valence-electron chi connectivity index (χ2n) is 6.71. The summed E-state index contributed by atoms with van der Waals surface area (Å²) in [6.07, 6.45) is 0.179. The quantitative estimate of drug-likeness (QED) is 0.852. The number of benzene rings is 2. The number of hydrogen-bond donors (Lipinski definition) is 1. The van der Waals surface area contributed by atoms with Gasteiger partial charge >= 0.3 is 11.9 Å². The van der Waals surface area contributed by atoms with E-state index in [4.69, 9.17) is 4.74 Å². The molecule has 0 bridgehead atoms. The SMILES string of the molecule is CC(C)(C)OC(=O)CC(Cc1ccc2ccccc2c1)C(=O)O. The number of carboxylic acids is 1. The molecule has 0 saturated carbocycles. The van der Waals surface area contributed by atoms with Crippen LogP contribution >= 0.6 is 0 Å². The van der Waals surface area contributed by atoms with Gasteiger partial charge < -0.3 is 9.84 Å². The number of carbonyl (C=O) groups is 2. The highest BCUT2D eigenvalue weighted by Crippen LogP contribution is 2.20. The molecule has 0 aliphatic rings. The minimum absolute atomic E-state index is 0.126. The van der Waals surface area contributed by atoms with Crippen LogP contribution in [0.1, 0.15) is 32.8 Å². The lowest BCUT2D eigenvalue weighted by Gasteiger charge is -2.21. The van der Waals surface area contributed by atoms with E-state index >= 15 is 0 Å². The second kappa shape index (κ2) is 6.82. The highest BCUT2D eigenvalue weighted by molar-refractivity contribution is 5.83. The molecule has 0 aliphatic heterocycles. The van der Waals surface area contributed by atoms with Crippen molar-refractivity contribution in [2.45, 2.75) is 39.2 Å². The standard InChI is InChI=1S/C19H22O4/c1-19(2,3)23-17(20)12-16(18(21)22)11-13-8-9-14-6-4-5-7-15(14)10-13/h4-10,16H,11-12H2,1-3H3,(H,21,22). The van der Waals surface area contributed by atoms with Crippen LogP contribution in [-0.4, -0.2) is 22.6 Å². The van der Waals surface area contributed by atoms with Crippen LogP contribution in [0.5, 0.6) is 0 Å². The van der Waals surface area contributed by atoms with Crippen molar-refractivity contribution in [2.75, 3.05) is 0 Å². The van der Waals surface area contributed by atoms with Gasteiger partial charge in [0, 0.05) is 0 Å². The zero-order valence-corrected chi connectivity index (χ0v) is 13.7. The van der Waals surface area contributed by atoms with Gasteiger partial charge in [0.1, 0.15) is 5.60 Å². The summed E-state index contributed by atoms with van der Waals surface area (Å²) in [6.45, 7) is 5.30. The third-order valence-electron chi connectivity index (χ3n) is 3.48. The first-order chi connectivity index (χ1) is 10.7. The molecule has 0 radical (unpaired) electrons. The van der Waals surface area contributed by atoms with E-state index in [9.17, 15) is 14.7 Å². The van der Waals surface area contributed by atoms with Crippen molar-refractivity contribution in [3.63, 3.8) is 0 Å². The topological polar surface area (TPSA) is 63.6 Å². The van der Waals surface area contributed by atoms with Crippen LogP contribution in [0.15, 0.2) is 42.5 Å². The van der Waals surface area contributed by atoms with Gasteiger partial charge in [-0.05, 0) is 43.5 Å². The lowest BCUT2D eigenvalue weighted by molar-refractivity contribution is -0.159. The molecule has 0 aromatic heterocycles. The Balaban J connectivity index is 2.11. The average molecular weight is 314 g/mol. The third-order valence-corrected chi connectivity index (χ3v) is 3.48. The summed E-state index contributed by atoms with van der Waals surface area (Å²) in [7, 11) is 0. The van der Waals surface area contributed by atoms with Crippen LogP contribution in [0.4, 0.5) is 0 Å². The zero-order valence-electron chi connectivity index (χ0n) is 13.7. The Morgan fingerprint density at radius 2 is 1.74 bits per heavy atom. The minimum atomic E-state index is -0.982. The van der Waals surface area contributed by atoms with Gasteiger partial charge in [-0.2, -0.15) is 0 Å². The summed E-state index contributed by atoms with van der Waals surface area (Å²) in [5, 5.41) is 11.6. The number of esters is 1. The van der Waals surface area contributed by atoms with Crippen LogP contribution in [0.3, 0.4) is 0 Å². The van der Waals surface area contributed by atoms with E-state index in [1.54, 1.807) is 20.8 Å². The maximum atomic E-state index is 11.9. The Hall–Kier alpha value is -2.36. The van der Waals surface area contributed by atoms with Crippen molar-refractivity contribution in [1.82, 2.24) is 0 Å². The summed E-state index contributed by atoms with van der Waals surface area (Å²) in [5.41, 5.74) is 0.294. The van der Waals surface area contributed by atoms with E-state index < -0.39 is 23.5 Å². The molecule has 122 valence electrons. The summed E-state index contributed by atoms with van der Waals surface area (Å²) < 4.78 is 5.22. The molecule has 0 saturated heterocycles. The van der Waals surface area contributed by atoms with Crippen LogP contribution in [-0.2, 0) is 20.7 Å². The van der Waals surface area contributed by atoms with Crippen molar-refractivity contribution < 1.29 is 19.4 Å². The Bertz CT molecular complexity index is 713. The molecule has 0 aliphatic carbocycles. The van der Waals surface area contributed by atoms with Crippen LogP contribution in [0.25, 0.3) is 10.8 Å². The smallest absolute Gasteiger partial charge is 0.307 e. The number of carboxylic acid groups (broad SMARTS) is 1. The van der Waals surface area contributed by atoms with Gasteiger partial charge in [0.25, 0.3) is 0 Å². The van der Waals surface area contributed by atoms with Gasteiger partial charge in [-0.1, -0.05) is 42.5 Å². The van der Waals surface area contributed by atoms with Crippen molar-refractivity contribution in [2.24, 2.45) is 5.92 Å². The van der Waals surface area contributed by atoms with Crippen molar-refractivity contribution in [1.29, 1.82) is 0 Å². The predicted octanol–water partition coefficient (Wildman–Crippen LogP) is 3.81. The first-order valence-corrected chi connectivity index (χ1v) is 7.67. The van der Waals surface area contributed by atoms with Crippen LogP contribution in [0, 0.1) is 5.92 Å². The van der Waals surface area contributed by atoms with Gasteiger partial charge in [0.05, 0.1) is 12.3 Å². The molecule has 23 heavy (non-hydrogen) atoms. The van der Waals surface area contributed by atoms with Gasteiger partial charge in [0.2, 0.25) is 0 Å². The number of fused-ring (bicyclic) bond motifs is 1. The lowest BCUT2D eigenvalue weighted by Crippen LogP contribution is -2.28. The molecule has 2 aromatic carbocycles. The first-order valence-electron chi connectivity index (χ1n) is 7.67. The normalized spacial score (nSPS) is 12.8. The van der Waals surface area contributed by atoms with E-state index in [1.165, 1.54) is 0 Å². The summed E-state index contributed by atoms with van der Waals surface area (Å²) >= 11 is 0. The Labute approximate surface area is 136 Å². The molecule has 4 heteroatoms. The minimum Gasteiger partial charge on any atom is -0.481 e. The number of carbonyl (C=O) groups excluding carboxylic acids is 1.